The zero-order chi connectivity index (χ0) is 26.2. The van der Waals surface area contributed by atoms with Gasteiger partial charge >= 0.3 is 0 Å². The molecule has 0 saturated carbocycles. The molecule has 0 heterocycles. The second-order valence-corrected chi connectivity index (χ2v) is 10.3. The van der Waals surface area contributed by atoms with Gasteiger partial charge in [0, 0.05) is 29.1 Å². The lowest BCUT2D eigenvalue weighted by Crippen LogP contribution is -2.52. The molecular formula is C28H28Cl4N2O2. The molecule has 0 spiro atoms. The molecule has 0 bridgehead atoms. The van der Waals surface area contributed by atoms with Gasteiger partial charge in [-0.25, -0.2) is 0 Å². The molecule has 2 atom stereocenters. The summed E-state index contributed by atoms with van der Waals surface area (Å²) in [5, 5.41) is 4.63. The van der Waals surface area contributed by atoms with Crippen molar-refractivity contribution in [3.05, 3.63) is 104 Å². The number of hydrogen-bond donors (Lipinski definition) is 1. The lowest BCUT2D eigenvalue weighted by atomic mass is 10.0. The largest absolute Gasteiger partial charge is 0.352 e. The molecule has 36 heavy (non-hydrogen) atoms. The molecule has 3 rings (SSSR count). The van der Waals surface area contributed by atoms with E-state index in [9.17, 15) is 9.59 Å². The Kier molecular flexibility index (Phi) is 10.5. The smallest absolute Gasteiger partial charge is 0.243 e. The number of halogens is 4. The van der Waals surface area contributed by atoms with Crippen LogP contribution in [0.5, 0.6) is 0 Å². The van der Waals surface area contributed by atoms with E-state index in [2.05, 4.69) is 5.32 Å². The van der Waals surface area contributed by atoms with Crippen LogP contribution >= 0.6 is 46.4 Å². The first-order valence-corrected chi connectivity index (χ1v) is 13.2. The van der Waals surface area contributed by atoms with Crippen LogP contribution in [0, 0.1) is 0 Å². The SMILES string of the molecule is CC[C@@H](C)NC(=O)[C@H](Cc1ccccc1)N(Cc1ccc(Cl)c(Cl)c1)C(=O)Cc1c(Cl)cccc1Cl. The van der Waals surface area contributed by atoms with E-state index in [1.165, 1.54) is 0 Å². The van der Waals surface area contributed by atoms with Crippen LogP contribution < -0.4 is 5.32 Å². The summed E-state index contributed by atoms with van der Waals surface area (Å²) < 4.78 is 0. The highest BCUT2D eigenvalue weighted by molar-refractivity contribution is 6.42. The monoisotopic (exact) mass is 564 g/mol. The molecule has 4 nitrogen and oxygen atoms in total. The Balaban J connectivity index is 2.03. The van der Waals surface area contributed by atoms with Gasteiger partial charge in [0.25, 0.3) is 0 Å². The third-order valence-corrected chi connectivity index (χ3v) is 7.45. The minimum absolute atomic E-state index is 0.0456. The van der Waals surface area contributed by atoms with Gasteiger partial charge in [-0.1, -0.05) is 95.8 Å². The van der Waals surface area contributed by atoms with Crippen LogP contribution in [0.2, 0.25) is 20.1 Å². The molecule has 1 N–H and O–H groups in total. The fourth-order valence-electron chi connectivity index (χ4n) is 3.78. The van der Waals surface area contributed by atoms with Crippen LogP contribution in [0.4, 0.5) is 0 Å². The maximum absolute atomic E-state index is 13.8. The third-order valence-electron chi connectivity index (χ3n) is 6.00. The highest BCUT2D eigenvalue weighted by atomic mass is 35.5. The Labute approximate surface area is 232 Å². The van der Waals surface area contributed by atoms with Crippen molar-refractivity contribution in [3.8, 4) is 0 Å². The molecule has 190 valence electrons. The summed E-state index contributed by atoms with van der Waals surface area (Å²) in [6.07, 6.45) is 1.05. The van der Waals surface area contributed by atoms with Crippen molar-refractivity contribution in [3.63, 3.8) is 0 Å². The Hall–Kier alpha value is -2.24. The summed E-state index contributed by atoms with van der Waals surface area (Å²) in [4.78, 5) is 29.0. The highest BCUT2D eigenvalue weighted by Crippen LogP contribution is 2.28. The molecule has 0 radical (unpaired) electrons. The third kappa shape index (κ3) is 7.63. The van der Waals surface area contributed by atoms with E-state index < -0.39 is 6.04 Å². The number of amides is 2. The minimum atomic E-state index is -0.774. The highest BCUT2D eigenvalue weighted by Gasteiger charge is 2.31. The molecule has 3 aromatic rings. The van der Waals surface area contributed by atoms with E-state index in [-0.39, 0.29) is 30.8 Å². The first-order chi connectivity index (χ1) is 17.2. The van der Waals surface area contributed by atoms with E-state index >= 15 is 0 Å². The van der Waals surface area contributed by atoms with Gasteiger partial charge in [0.05, 0.1) is 16.5 Å². The first-order valence-electron chi connectivity index (χ1n) is 11.7. The molecule has 2 amide bonds. The molecule has 0 unspecified atom stereocenters. The Bertz CT molecular complexity index is 1180. The van der Waals surface area contributed by atoms with Gasteiger partial charge in [-0.05, 0) is 54.3 Å². The summed E-state index contributed by atoms with van der Waals surface area (Å²) in [5.41, 5.74) is 2.20. The van der Waals surface area contributed by atoms with Gasteiger partial charge in [0.1, 0.15) is 6.04 Å². The van der Waals surface area contributed by atoms with E-state index in [1.807, 2.05) is 44.2 Å². The van der Waals surface area contributed by atoms with Gasteiger partial charge in [-0.15, -0.1) is 0 Å². The number of carbonyl (C=O) groups excluding carboxylic acids is 2. The predicted octanol–water partition coefficient (Wildman–Crippen LogP) is 7.40. The second-order valence-electron chi connectivity index (χ2n) is 8.67. The molecule has 8 heteroatoms. The summed E-state index contributed by atoms with van der Waals surface area (Å²) in [6, 6.07) is 19.1. The van der Waals surface area contributed by atoms with Gasteiger partial charge in [-0.3, -0.25) is 9.59 Å². The Morgan fingerprint density at radius 3 is 2.11 bits per heavy atom. The van der Waals surface area contributed by atoms with Crippen molar-refractivity contribution in [1.82, 2.24) is 10.2 Å². The van der Waals surface area contributed by atoms with Crippen LogP contribution in [-0.4, -0.2) is 28.8 Å². The molecule has 0 aliphatic carbocycles. The number of nitrogens with one attached hydrogen (secondary N) is 1. The maximum Gasteiger partial charge on any atom is 0.243 e. The van der Waals surface area contributed by atoms with Crippen molar-refractivity contribution in [2.45, 2.75) is 51.7 Å². The number of carbonyl (C=O) groups is 2. The molecule has 0 aliphatic rings. The van der Waals surface area contributed by atoms with Crippen molar-refractivity contribution < 1.29 is 9.59 Å². The van der Waals surface area contributed by atoms with Gasteiger partial charge in [0.2, 0.25) is 11.8 Å². The summed E-state index contributed by atoms with van der Waals surface area (Å²) in [7, 11) is 0. The first kappa shape index (κ1) is 28.3. The molecule has 0 fully saturated rings. The maximum atomic E-state index is 13.8. The van der Waals surface area contributed by atoms with Gasteiger partial charge < -0.3 is 10.2 Å². The predicted molar refractivity (Wildman–Crippen MR) is 149 cm³/mol. The lowest BCUT2D eigenvalue weighted by Gasteiger charge is -2.32. The van der Waals surface area contributed by atoms with E-state index in [0.29, 0.717) is 32.1 Å². The zero-order valence-electron chi connectivity index (χ0n) is 20.1. The van der Waals surface area contributed by atoms with Crippen molar-refractivity contribution in [1.29, 1.82) is 0 Å². The van der Waals surface area contributed by atoms with Crippen LogP contribution in [-0.2, 0) is 29.0 Å². The van der Waals surface area contributed by atoms with Crippen LogP contribution in [0.25, 0.3) is 0 Å². The zero-order valence-corrected chi connectivity index (χ0v) is 23.1. The van der Waals surface area contributed by atoms with E-state index in [4.69, 9.17) is 46.4 Å². The standard InChI is InChI=1S/C28H28Cl4N2O2/c1-3-18(2)33-28(36)26(15-19-8-5-4-6-9-19)34(17-20-12-13-24(31)25(32)14-20)27(35)16-21-22(29)10-7-11-23(21)30/h4-14,18,26H,3,15-17H2,1-2H3,(H,33,36)/t18-,26+/m1/s1. The molecule has 0 aliphatic heterocycles. The summed E-state index contributed by atoms with van der Waals surface area (Å²) >= 11 is 25.1. The number of benzene rings is 3. The quantitative estimate of drug-likeness (QED) is 0.278. The fraction of sp³-hybridized carbons (Fsp3) is 0.286. The topological polar surface area (TPSA) is 49.4 Å². The minimum Gasteiger partial charge on any atom is -0.352 e. The van der Waals surface area contributed by atoms with Crippen molar-refractivity contribution in [2.24, 2.45) is 0 Å². The second kappa shape index (κ2) is 13.3. The normalized spacial score (nSPS) is 12.6. The van der Waals surface area contributed by atoms with Crippen LogP contribution in [0.15, 0.2) is 66.7 Å². The molecule has 0 saturated heterocycles. The number of nitrogens with zero attached hydrogens (tertiary/aromatic N) is 1. The molecule has 3 aromatic carbocycles. The Morgan fingerprint density at radius 2 is 1.50 bits per heavy atom. The Morgan fingerprint density at radius 1 is 0.833 bits per heavy atom. The lowest BCUT2D eigenvalue weighted by molar-refractivity contribution is -0.141. The summed E-state index contributed by atoms with van der Waals surface area (Å²) in [5.74, 6) is -0.511. The molecule has 0 aromatic heterocycles. The number of hydrogen-bond acceptors (Lipinski definition) is 2. The average Bonchev–Trinajstić information content (AvgIpc) is 2.86. The van der Waals surface area contributed by atoms with Crippen molar-refractivity contribution in [2.75, 3.05) is 0 Å². The fourth-order valence-corrected chi connectivity index (χ4v) is 4.64. The van der Waals surface area contributed by atoms with Gasteiger partial charge in [-0.2, -0.15) is 0 Å². The van der Waals surface area contributed by atoms with Gasteiger partial charge in [0.15, 0.2) is 0 Å². The molecular weight excluding hydrogens is 538 g/mol. The van der Waals surface area contributed by atoms with Crippen molar-refractivity contribution >= 4 is 58.2 Å². The van der Waals surface area contributed by atoms with Crippen LogP contribution in [0.3, 0.4) is 0 Å². The van der Waals surface area contributed by atoms with E-state index in [1.54, 1.807) is 41.3 Å². The van der Waals surface area contributed by atoms with E-state index in [0.717, 1.165) is 17.5 Å². The number of rotatable bonds is 10. The average molecular weight is 566 g/mol. The summed E-state index contributed by atoms with van der Waals surface area (Å²) in [6.45, 7) is 4.09. The van der Waals surface area contributed by atoms with Crippen LogP contribution in [0.1, 0.15) is 37.0 Å².